The summed E-state index contributed by atoms with van der Waals surface area (Å²) in [5.74, 6) is 5.42. The molecule has 1 atom stereocenters. The first kappa shape index (κ1) is 9.58. The predicted molar refractivity (Wildman–Crippen MR) is 44.6 cm³/mol. The van der Waals surface area contributed by atoms with Crippen LogP contribution in [0.15, 0.2) is 5.10 Å². The number of rotatable bonds is 3. The number of nitrogens with zero attached hydrogens (tertiary/aromatic N) is 1. The zero-order valence-corrected chi connectivity index (χ0v) is 6.77. The van der Waals surface area contributed by atoms with Gasteiger partial charge in [0.25, 0.3) is 0 Å². The van der Waals surface area contributed by atoms with Gasteiger partial charge in [-0.05, 0) is 6.42 Å². The van der Waals surface area contributed by atoms with Crippen molar-refractivity contribution in [3.63, 3.8) is 0 Å². The molecule has 0 aromatic carbocycles. The van der Waals surface area contributed by atoms with Gasteiger partial charge in [0.05, 0.1) is 6.10 Å². The fourth-order valence-corrected chi connectivity index (χ4v) is 1.01. The maximum Gasteiger partial charge on any atom is 0.177 e. The first-order valence-electron chi connectivity index (χ1n) is 3.05. The van der Waals surface area contributed by atoms with Gasteiger partial charge in [0.15, 0.2) is 5.17 Å². The number of hydrazone groups is 1. The van der Waals surface area contributed by atoms with E-state index in [0.717, 1.165) is 6.42 Å². The van der Waals surface area contributed by atoms with Crippen LogP contribution < -0.4 is 11.6 Å². The van der Waals surface area contributed by atoms with Gasteiger partial charge >= 0.3 is 0 Å². The highest BCUT2D eigenvalue weighted by Gasteiger charge is 2.01. The van der Waals surface area contributed by atoms with Crippen molar-refractivity contribution >= 4 is 16.9 Å². The van der Waals surface area contributed by atoms with Crippen LogP contribution >= 0.6 is 11.8 Å². The maximum atomic E-state index is 9.03. The smallest absolute Gasteiger partial charge is 0.177 e. The fraction of sp³-hybridized carbons (Fsp3) is 0.800. The van der Waals surface area contributed by atoms with E-state index in [4.69, 9.17) is 16.7 Å². The number of aliphatic hydroxyl groups excluding tert-OH is 1. The molecule has 0 rings (SSSR count). The van der Waals surface area contributed by atoms with E-state index in [1.165, 1.54) is 11.8 Å². The van der Waals surface area contributed by atoms with Crippen molar-refractivity contribution in [1.29, 1.82) is 0 Å². The predicted octanol–water partition coefficient (Wildman–Crippen LogP) is -0.321. The second-order valence-corrected chi connectivity index (χ2v) is 2.88. The van der Waals surface area contributed by atoms with Crippen molar-refractivity contribution in [3.8, 4) is 0 Å². The van der Waals surface area contributed by atoms with Crippen LogP contribution in [0, 0.1) is 0 Å². The van der Waals surface area contributed by atoms with Crippen LogP contribution in [0.5, 0.6) is 0 Å². The molecule has 0 saturated heterocycles. The third-order valence-electron chi connectivity index (χ3n) is 1.02. The van der Waals surface area contributed by atoms with Crippen LogP contribution in [0.3, 0.4) is 0 Å². The van der Waals surface area contributed by atoms with Crippen molar-refractivity contribution < 1.29 is 5.11 Å². The Balaban J connectivity index is 3.35. The summed E-state index contributed by atoms with van der Waals surface area (Å²) in [7, 11) is 0. The Hall–Kier alpha value is -0.420. The molecular formula is C5H13N3OS. The molecule has 4 nitrogen and oxygen atoms in total. The Bertz CT molecular complexity index is 117. The molecule has 0 fully saturated rings. The quantitative estimate of drug-likeness (QED) is 0.230. The third kappa shape index (κ3) is 4.46. The first-order chi connectivity index (χ1) is 4.70. The number of hydrogen-bond donors (Lipinski definition) is 3. The molecule has 10 heavy (non-hydrogen) atoms. The largest absolute Gasteiger partial charge is 0.392 e. The molecule has 0 spiro atoms. The minimum absolute atomic E-state index is 0.313. The van der Waals surface area contributed by atoms with Crippen LogP contribution in [0.25, 0.3) is 0 Å². The second kappa shape index (κ2) is 5.37. The van der Waals surface area contributed by atoms with Crippen molar-refractivity contribution in [3.05, 3.63) is 0 Å². The van der Waals surface area contributed by atoms with E-state index in [9.17, 15) is 0 Å². The number of amidine groups is 1. The number of aliphatic hydroxyl groups is 1. The summed E-state index contributed by atoms with van der Waals surface area (Å²) >= 11 is 1.26. The fourth-order valence-electron chi connectivity index (χ4n) is 0.337. The summed E-state index contributed by atoms with van der Waals surface area (Å²) in [5, 5.41) is 12.6. The molecule has 0 aromatic rings. The van der Waals surface area contributed by atoms with Gasteiger partial charge in [0, 0.05) is 5.75 Å². The normalized spacial score (nSPS) is 15.2. The molecule has 0 bridgehead atoms. The number of thioether (sulfide) groups is 1. The molecule has 5 heteroatoms. The molecule has 5 N–H and O–H groups in total. The summed E-state index contributed by atoms with van der Waals surface area (Å²) in [4.78, 5) is 0. The lowest BCUT2D eigenvalue weighted by Gasteiger charge is -2.04. The Morgan fingerprint density at radius 2 is 2.40 bits per heavy atom. The molecule has 0 heterocycles. The molecule has 0 aliphatic rings. The average molecular weight is 163 g/mol. The summed E-state index contributed by atoms with van der Waals surface area (Å²) < 4.78 is 0. The Morgan fingerprint density at radius 1 is 1.80 bits per heavy atom. The van der Waals surface area contributed by atoms with Crippen LogP contribution in [-0.4, -0.2) is 22.1 Å². The molecule has 0 saturated carbocycles. The standard InChI is InChI=1S/C5H13N3OS/c1-2-4(9)3-10-5(6)8-7/h4,9H,2-3,7H2,1H3,(H2,6,8). The van der Waals surface area contributed by atoms with Gasteiger partial charge in [-0.25, -0.2) is 0 Å². The molecule has 0 amide bonds. The lowest BCUT2D eigenvalue weighted by atomic mass is 10.3. The van der Waals surface area contributed by atoms with Gasteiger partial charge in [-0.15, -0.1) is 0 Å². The maximum absolute atomic E-state index is 9.03. The Kier molecular flexibility index (Phi) is 5.15. The average Bonchev–Trinajstić information content (AvgIpc) is 1.99. The van der Waals surface area contributed by atoms with Crippen molar-refractivity contribution in [1.82, 2.24) is 0 Å². The van der Waals surface area contributed by atoms with Gasteiger partial charge < -0.3 is 16.7 Å². The molecule has 0 radical (unpaired) electrons. The highest BCUT2D eigenvalue weighted by atomic mass is 32.2. The summed E-state index contributed by atoms with van der Waals surface area (Å²) in [5.41, 5.74) is 5.25. The molecule has 0 aromatic heterocycles. The van der Waals surface area contributed by atoms with Gasteiger partial charge in [-0.3, -0.25) is 0 Å². The van der Waals surface area contributed by atoms with E-state index in [1.54, 1.807) is 0 Å². The van der Waals surface area contributed by atoms with Gasteiger partial charge in [-0.1, -0.05) is 18.7 Å². The number of nitrogens with two attached hydrogens (primary N) is 2. The van der Waals surface area contributed by atoms with E-state index >= 15 is 0 Å². The SMILES string of the molecule is CCC(O)CS/C(N)=N/N. The number of hydrogen-bond acceptors (Lipinski definition) is 4. The highest BCUT2D eigenvalue weighted by Crippen LogP contribution is 2.03. The minimum atomic E-state index is -0.315. The van der Waals surface area contributed by atoms with Gasteiger partial charge in [-0.2, -0.15) is 5.10 Å². The minimum Gasteiger partial charge on any atom is -0.392 e. The molecule has 60 valence electrons. The summed E-state index contributed by atoms with van der Waals surface area (Å²) in [6.45, 7) is 1.90. The topological polar surface area (TPSA) is 84.6 Å². The van der Waals surface area contributed by atoms with Gasteiger partial charge in [0.2, 0.25) is 0 Å². The van der Waals surface area contributed by atoms with E-state index < -0.39 is 0 Å². The molecule has 0 aliphatic carbocycles. The summed E-state index contributed by atoms with van der Waals surface area (Å²) in [6, 6.07) is 0. The third-order valence-corrected chi connectivity index (χ3v) is 1.97. The van der Waals surface area contributed by atoms with Crippen molar-refractivity contribution in [2.24, 2.45) is 16.7 Å². The Morgan fingerprint density at radius 3 is 2.80 bits per heavy atom. The molecular weight excluding hydrogens is 150 g/mol. The zero-order valence-electron chi connectivity index (χ0n) is 5.95. The van der Waals surface area contributed by atoms with Crippen LogP contribution in [0.1, 0.15) is 13.3 Å². The van der Waals surface area contributed by atoms with Crippen LogP contribution in [0.4, 0.5) is 0 Å². The van der Waals surface area contributed by atoms with Crippen LogP contribution in [0.2, 0.25) is 0 Å². The Labute approximate surface area is 64.7 Å². The molecule has 1 unspecified atom stereocenters. The highest BCUT2D eigenvalue weighted by molar-refractivity contribution is 8.13. The summed E-state index contributed by atoms with van der Waals surface area (Å²) in [6.07, 6.45) is 0.412. The zero-order chi connectivity index (χ0) is 7.98. The van der Waals surface area contributed by atoms with E-state index in [2.05, 4.69) is 5.10 Å². The van der Waals surface area contributed by atoms with E-state index in [-0.39, 0.29) is 6.10 Å². The van der Waals surface area contributed by atoms with Gasteiger partial charge in [0.1, 0.15) is 0 Å². The molecule has 0 aliphatic heterocycles. The second-order valence-electron chi connectivity index (χ2n) is 1.84. The lowest BCUT2D eigenvalue weighted by molar-refractivity contribution is 0.195. The first-order valence-corrected chi connectivity index (χ1v) is 4.03. The van der Waals surface area contributed by atoms with Crippen molar-refractivity contribution in [2.75, 3.05) is 5.75 Å². The van der Waals surface area contributed by atoms with Crippen LogP contribution in [-0.2, 0) is 0 Å². The van der Waals surface area contributed by atoms with E-state index in [0.29, 0.717) is 10.9 Å². The van der Waals surface area contributed by atoms with E-state index in [1.807, 2.05) is 6.92 Å². The van der Waals surface area contributed by atoms with Crippen molar-refractivity contribution in [2.45, 2.75) is 19.4 Å². The lowest BCUT2D eigenvalue weighted by Crippen LogP contribution is -2.15. The monoisotopic (exact) mass is 163 g/mol.